The van der Waals surface area contributed by atoms with Gasteiger partial charge < -0.3 is 15.5 Å². The van der Waals surface area contributed by atoms with E-state index < -0.39 is 0 Å². The van der Waals surface area contributed by atoms with Gasteiger partial charge in [0, 0.05) is 24.9 Å². The molecule has 3 N–H and O–H groups in total. The number of aromatic nitrogens is 5. The summed E-state index contributed by atoms with van der Waals surface area (Å²) in [5.74, 6) is 1.53. The van der Waals surface area contributed by atoms with Crippen LogP contribution in [0.4, 0.5) is 4.39 Å². The van der Waals surface area contributed by atoms with E-state index in [1.807, 2.05) is 4.68 Å². The Morgan fingerprint density at radius 3 is 2.80 bits per heavy atom. The molecule has 1 aromatic carbocycles. The molecule has 2 aromatic heterocycles. The van der Waals surface area contributed by atoms with E-state index in [4.69, 9.17) is 10.5 Å². The molecule has 0 unspecified atom stereocenters. The van der Waals surface area contributed by atoms with Crippen LogP contribution >= 0.6 is 0 Å². The fourth-order valence-corrected chi connectivity index (χ4v) is 2.52. The van der Waals surface area contributed by atoms with Crippen LogP contribution < -0.4 is 10.5 Å². The monoisotopic (exact) mass is 344 g/mol. The van der Waals surface area contributed by atoms with Gasteiger partial charge in [-0.1, -0.05) is 6.92 Å². The van der Waals surface area contributed by atoms with Crippen molar-refractivity contribution < 1.29 is 9.13 Å². The normalized spacial score (nSPS) is 12.3. The van der Waals surface area contributed by atoms with Gasteiger partial charge in [-0.2, -0.15) is 5.10 Å². The van der Waals surface area contributed by atoms with Crippen molar-refractivity contribution in [1.82, 2.24) is 24.7 Å². The van der Waals surface area contributed by atoms with E-state index in [0.717, 1.165) is 18.7 Å². The van der Waals surface area contributed by atoms with Crippen molar-refractivity contribution in [2.75, 3.05) is 0 Å². The van der Waals surface area contributed by atoms with Crippen molar-refractivity contribution in [2.24, 2.45) is 5.73 Å². The molecule has 0 aliphatic heterocycles. The van der Waals surface area contributed by atoms with E-state index >= 15 is 0 Å². The molecule has 2 heterocycles. The molecule has 3 aromatic rings. The van der Waals surface area contributed by atoms with Crippen LogP contribution in [0.15, 0.2) is 36.8 Å². The highest BCUT2D eigenvalue weighted by Crippen LogP contribution is 2.16. The Hall–Kier alpha value is -2.74. The molecular formula is C17H21FN6O. The van der Waals surface area contributed by atoms with E-state index in [2.05, 4.69) is 27.0 Å². The van der Waals surface area contributed by atoms with Gasteiger partial charge in [0.05, 0.1) is 12.4 Å². The number of nitrogens with one attached hydrogen (secondary N) is 1. The molecule has 0 aliphatic rings. The van der Waals surface area contributed by atoms with E-state index in [0.29, 0.717) is 23.8 Å². The maximum atomic E-state index is 12.9. The molecule has 0 radical (unpaired) electrons. The minimum absolute atomic E-state index is 0.201. The van der Waals surface area contributed by atoms with Gasteiger partial charge in [-0.15, -0.1) is 0 Å². The van der Waals surface area contributed by atoms with Gasteiger partial charge in [-0.3, -0.25) is 0 Å². The minimum atomic E-state index is -0.301. The average molecular weight is 344 g/mol. The molecule has 0 saturated carbocycles. The Morgan fingerprint density at radius 1 is 1.32 bits per heavy atom. The first-order chi connectivity index (χ1) is 12.2. The third-order valence-corrected chi connectivity index (χ3v) is 3.69. The molecule has 8 heteroatoms. The van der Waals surface area contributed by atoms with Crippen molar-refractivity contribution in [3.05, 3.63) is 59.9 Å². The maximum Gasteiger partial charge on any atom is 0.188 e. The molecule has 25 heavy (non-hydrogen) atoms. The number of ether oxygens (including phenoxy) is 1. The molecule has 132 valence electrons. The Bertz CT molecular complexity index is 784. The fraction of sp³-hybridized carbons (Fsp3) is 0.353. The third-order valence-electron chi connectivity index (χ3n) is 3.69. The number of halogens is 1. The third kappa shape index (κ3) is 4.42. The first-order valence-electron chi connectivity index (χ1n) is 8.20. The largest absolute Gasteiger partial charge is 0.486 e. The zero-order valence-electron chi connectivity index (χ0n) is 14.0. The summed E-state index contributed by atoms with van der Waals surface area (Å²) in [4.78, 5) is 11.6. The fourth-order valence-electron chi connectivity index (χ4n) is 2.52. The number of H-pyrrole nitrogens is 1. The molecule has 0 amide bonds. The Balaban J connectivity index is 1.70. The van der Waals surface area contributed by atoms with Gasteiger partial charge in [-0.25, -0.2) is 19.0 Å². The molecule has 0 spiro atoms. The maximum absolute atomic E-state index is 12.9. The van der Waals surface area contributed by atoms with Crippen molar-refractivity contribution in [1.29, 1.82) is 0 Å². The molecule has 1 atom stereocenters. The second-order valence-electron chi connectivity index (χ2n) is 5.74. The van der Waals surface area contributed by atoms with Crippen molar-refractivity contribution in [3.8, 4) is 5.75 Å². The lowest BCUT2D eigenvalue weighted by atomic mass is 10.1. The first kappa shape index (κ1) is 17.1. The second-order valence-corrected chi connectivity index (χ2v) is 5.74. The standard InChI is InChI=1S/C17H21FN6O/c1-2-7-24-17(15(19)8-13-9-20-11-21-13)22-16(23-24)10-25-14-5-3-12(18)4-6-14/h3-6,9,11,15H,2,7-8,10,19H2,1H3,(H,20,21)/t15-/m0/s1. The number of nitrogens with zero attached hydrogens (tertiary/aromatic N) is 4. The highest BCUT2D eigenvalue weighted by atomic mass is 19.1. The van der Waals surface area contributed by atoms with Gasteiger partial charge in [-0.05, 0) is 30.7 Å². The van der Waals surface area contributed by atoms with E-state index in [9.17, 15) is 4.39 Å². The van der Waals surface area contributed by atoms with Gasteiger partial charge in [0.1, 0.15) is 24.0 Å². The van der Waals surface area contributed by atoms with Crippen molar-refractivity contribution in [2.45, 2.75) is 39.0 Å². The summed E-state index contributed by atoms with van der Waals surface area (Å²) in [6, 6.07) is 5.56. The van der Waals surface area contributed by atoms with Crippen LogP contribution in [0.25, 0.3) is 0 Å². The molecule has 0 aliphatic carbocycles. The Morgan fingerprint density at radius 2 is 2.12 bits per heavy atom. The van der Waals surface area contributed by atoms with Gasteiger partial charge >= 0.3 is 0 Å². The van der Waals surface area contributed by atoms with Crippen LogP contribution in [-0.2, 0) is 19.6 Å². The Kier molecular flexibility index (Phi) is 5.39. The van der Waals surface area contributed by atoms with Crippen LogP contribution in [0.5, 0.6) is 5.75 Å². The zero-order valence-corrected chi connectivity index (χ0v) is 14.0. The van der Waals surface area contributed by atoms with E-state index in [-0.39, 0.29) is 18.5 Å². The Labute approximate surface area is 145 Å². The first-order valence-corrected chi connectivity index (χ1v) is 8.20. The number of rotatable bonds is 8. The molecule has 0 bridgehead atoms. The van der Waals surface area contributed by atoms with E-state index in [1.54, 1.807) is 24.7 Å². The van der Waals surface area contributed by atoms with Crippen LogP contribution in [0.1, 0.15) is 36.7 Å². The van der Waals surface area contributed by atoms with Crippen LogP contribution in [0.3, 0.4) is 0 Å². The number of imidazole rings is 1. The number of aryl methyl sites for hydroxylation is 1. The lowest BCUT2D eigenvalue weighted by molar-refractivity contribution is 0.294. The van der Waals surface area contributed by atoms with Crippen LogP contribution in [0, 0.1) is 5.82 Å². The van der Waals surface area contributed by atoms with Gasteiger partial charge in [0.25, 0.3) is 0 Å². The van der Waals surface area contributed by atoms with Crippen molar-refractivity contribution >= 4 is 0 Å². The highest BCUT2D eigenvalue weighted by Gasteiger charge is 2.18. The average Bonchev–Trinajstić information content (AvgIpc) is 3.24. The number of hydrogen-bond acceptors (Lipinski definition) is 5. The zero-order chi connectivity index (χ0) is 17.6. The lowest BCUT2D eigenvalue weighted by Crippen LogP contribution is -2.20. The summed E-state index contributed by atoms with van der Waals surface area (Å²) in [5, 5.41) is 4.48. The van der Waals surface area contributed by atoms with Crippen LogP contribution in [-0.4, -0.2) is 24.7 Å². The SMILES string of the molecule is CCCn1nc(COc2ccc(F)cc2)nc1[C@@H](N)Cc1cnc[nH]1. The second kappa shape index (κ2) is 7.89. The molecule has 0 saturated heterocycles. The molecular weight excluding hydrogens is 323 g/mol. The van der Waals surface area contributed by atoms with Crippen LogP contribution in [0.2, 0.25) is 0 Å². The highest BCUT2D eigenvalue weighted by molar-refractivity contribution is 5.22. The van der Waals surface area contributed by atoms with Gasteiger partial charge in [0.15, 0.2) is 5.82 Å². The van der Waals surface area contributed by atoms with E-state index in [1.165, 1.54) is 12.1 Å². The lowest BCUT2D eigenvalue weighted by Gasteiger charge is -2.11. The summed E-state index contributed by atoms with van der Waals surface area (Å²) in [6.07, 6.45) is 4.89. The quantitative estimate of drug-likeness (QED) is 0.654. The van der Waals surface area contributed by atoms with Gasteiger partial charge in [0.2, 0.25) is 0 Å². The summed E-state index contributed by atoms with van der Waals surface area (Å²) in [7, 11) is 0. The minimum Gasteiger partial charge on any atom is -0.486 e. The summed E-state index contributed by atoms with van der Waals surface area (Å²) in [6.45, 7) is 3.00. The predicted octanol–water partition coefficient (Wildman–Crippen LogP) is 2.37. The predicted molar refractivity (Wildman–Crippen MR) is 90.3 cm³/mol. The number of aromatic amines is 1. The van der Waals surface area contributed by atoms with Crippen molar-refractivity contribution in [3.63, 3.8) is 0 Å². The summed E-state index contributed by atoms with van der Waals surface area (Å²) in [5.41, 5.74) is 7.25. The molecule has 3 rings (SSSR count). The molecule has 7 nitrogen and oxygen atoms in total. The molecule has 0 fully saturated rings. The number of nitrogens with two attached hydrogens (primary N) is 1. The number of hydrogen-bond donors (Lipinski definition) is 2. The topological polar surface area (TPSA) is 94.6 Å². The number of benzene rings is 1. The smallest absolute Gasteiger partial charge is 0.188 e. The summed E-state index contributed by atoms with van der Waals surface area (Å²) < 4.78 is 20.4. The summed E-state index contributed by atoms with van der Waals surface area (Å²) >= 11 is 0.